The number of halogens is 1. The molecule has 0 fully saturated rings. The molecule has 0 saturated carbocycles. The van der Waals surface area contributed by atoms with E-state index in [2.05, 4.69) is 296 Å². The number of hydrogen-bond donors (Lipinski definition) is 4. The Bertz CT molecular complexity index is 6010. The number of benzene rings is 6. The van der Waals surface area contributed by atoms with E-state index in [0.717, 1.165) is 180 Å². The van der Waals surface area contributed by atoms with E-state index >= 15 is 0 Å². The Hall–Kier alpha value is -11.0. The van der Waals surface area contributed by atoms with Crippen molar-refractivity contribution >= 4 is 57.8 Å². The van der Waals surface area contributed by atoms with E-state index in [1.165, 1.54) is 94.6 Å². The van der Waals surface area contributed by atoms with Crippen LogP contribution in [0.25, 0.3) is 15.3 Å². The van der Waals surface area contributed by atoms with Gasteiger partial charge in [-0.15, -0.1) is 0 Å². The number of nitriles is 3. The van der Waals surface area contributed by atoms with Crippen LogP contribution in [0.15, 0.2) is 17.0 Å². The molecule has 9 aromatic rings. The first-order valence-corrected chi connectivity index (χ1v) is 46.0. The summed E-state index contributed by atoms with van der Waals surface area (Å²) in [6.45, 7) is 119. The Morgan fingerprint density at radius 2 is 0.538 bits per heavy atom. The summed E-state index contributed by atoms with van der Waals surface area (Å²) < 4.78 is 0. The zero-order valence-electron chi connectivity index (χ0n) is 89.3. The smallest absolute Gasteiger partial charge is 0.228 e. The lowest BCUT2D eigenvalue weighted by Gasteiger charge is -2.36. The maximum Gasteiger partial charge on any atom is 0.228 e. The van der Waals surface area contributed by atoms with E-state index < -0.39 is 0 Å². The van der Waals surface area contributed by atoms with E-state index in [9.17, 15) is 15.8 Å². The normalized spacial score (nSPS) is 11.8. The van der Waals surface area contributed by atoms with Gasteiger partial charge in [0.2, 0.25) is 17.8 Å². The van der Waals surface area contributed by atoms with Gasteiger partial charge in [0.15, 0.2) is 11.4 Å². The molecule has 16 heteroatoms. The van der Waals surface area contributed by atoms with Crippen molar-refractivity contribution in [3.8, 4) is 18.2 Å². The Labute approximate surface area is 791 Å². The van der Waals surface area contributed by atoms with Crippen LogP contribution in [0.5, 0.6) is 0 Å². The Balaban J connectivity index is 0.000000314. The summed E-state index contributed by atoms with van der Waals surface area (Å²) in [5.74, 6) is 1.66. The molecule has 9 rings (SSSR count). The zero-order valence-corrected chi connectivity index (χ0v) is 90.0. The van der Waals surface area contributed by atoms with Crippen LogP contribution in [0, 0.1) is 227 Å². The lowest BCUT2D eigenvalue weighted by atomic mass is 9.69. The average Bonchev–Trinajstić information content (AvgIpc) is 0.715. The van der Waals surface area contributed by atoms with Crippen molar-refractivity contribution in [3.05, 3.63) is 268 Å². The molecule has 694 valence electrons. The molecule has 130 heavy (non-hydrogen) atoms. The number of allylic oxidation sites excluding steroid dienone is 4. The topological polar surface area (TPSA) is 220 Å². The lowest BCUT2D eigenvalue weighted by molar-refractivity contribution is 0.549. The predicted molar refractivity (Wildman–Crippen MR) is 555 cm³/mol. The summed E-state index contributed by atoms with van der Waals surface area (Å²) in [6, 6.07) is 7.04. The molecular formula is C114H156ClN15. The SMILES string of the molecule is Cc1c(C)c(C(C)(C)C)c(N)c(C(C)(C)C)c1C.Cc1nc(Nc2c(C)c(C)c(C#N)c(C)c2C)nc(Cc2c(C(C)(C)C)c(C)c(C)c(C)c2C(C)(C)C)c1C.Cc1nc(Nc2c(C)c(C)c(C#N)c(C)c2C)nc(Cl)c1C.[C-]#[N+]/C(C)=C(\C)c1c(C)c(C(C)(C)C)c(Cc2nc(Nc3c(C)c(C)c(C#N)c(C)c3C)nc(C)c2C)c(C(C)(C)C)c1C.[C-]#[N+]C(C)=C(C)C. The first-order valence-electron chi connectivity index (χ1n) is 45.6. The summed E-state index contributed by atoms with van der Waals surface area (Å²) in [6.07, 6.45) is 1.44. The van der Waals surface area contributed by atoms with Crippen molar-refractivity contribution in [3.63, 3.8) is 0 Å². The van der Waals surface area contributed by atoms with Crippen molar-refractivity contribution in [2.45, 2.75) is 385 Å². The molecule has 0 bridgehead atoms. The highest BCUT2D eigenvalue weighted by Crippen LogP contribution is 2.48. The first-order chi connectivity index (χ1) is 59.3. The molecule has 0 saturated heterocycles. The summed E-state index contributed by atoms with van der Waals surface area (Å²) in [4.78, 5) is 35.8. The molecule has 0 aliphatic rings. The minimum Gasteiger partial charge on any atom is -0.398 e. The second-order valence-electron chi connectivity index (χ2n) is 42.8. The number of anilines is 7. The number of nitrogens with two attached hydrogens (primary N) is 1. The largest absolute Gasteiger partial charge is 0.398 e. The zero-order chi connectivity index (χ0) is 100. The van der Waals surface area contributed by atoms with Crippen LogP contribution in [0.4, 0.5) is 40.6 Å². The van der Waals surface area contributed by atoms with Gasteiger partial charge in [0.05, 0.1) is 59.4 Å². The number of hydrogen-bond acceptors (Lipinski definition) is 13. The van der Waals surface area contributed by atoms with E-state index in [-0.39, 0.29) is 32.5 Å². The fraction of sp³-hybridized carbons (Fsp3) is 0.500. The van der Waals surface area contributed by atoms with Crippen LogP contribution in [-0.4, -0.2) is 29.9 Å². The van der Waals surface area contributed by atoms with Gasteiger partial charge in [-0.05, 0) is 411 Å². The van der Waals surface area contributed by atoms with Crippen molar-refractivity contribution in [1.82, 2.24) is 29.9 Å². The average molecular weight is 1770 g/mol. The van der Waals surface area contributed by atoms with Crippen LogP contribution in [0.2, 0.25) is 5.15 Å². The van der Waals surface area contributed by atoms with E-state index in [1.807, 2.05) is 96.9 Å². The molecule has 0 atom stereocenters. The highest BCUT2D eigenvalue weighted by Gasteiger charge is 2.36. The Morgan fingerprint density at radius 3 is 0.754 bits per heavy atom. The van der Waals surface area contributed by atoms with Crippen LogP contribution in [0.3, 0.4) is 0 Å². The first kappa shape index (κ1) is 110. The Kier molecular flexibility index (Phi) is 35.0. The quantitative estimate of drug-likeness (QED) is 0.0539. The molecule has 0 aliphatic carbocycles. The van der Waals surface area contributed by atoms with Gasteiger partial charge >= 0.3 is 0 Å². The third-order valence-electron chi connectivity index (χ3n) is 27.4. The monoisotopic (exact) mass is 1770 g/mol. The molecule has 0 amide bonds. The van der Waals surface area contributed by atoms with Gasteiger partial charge in [-0.1, -0.05) is 156 Å². The molecular weight excluding hydrogens is 1610 g/mol. The third-order valence-corrected chi connectivity index (χ3v) is 27.8. The highest BCUT2D eigenvalue weighted by molar-refractivity contribution is 6.30. The van der Waals surface area contributed by atoms with Gasteiger partial charge in [0, 0.05) is 58.2 Å². The maximum absolute atomic E-state index is 9.75. The number of nitrogens with one attached hydrogen (secondary N) is 3. The van der Waals surface area contributed by atoms with Crippen LogP contribution in [0.1, 0.15) is 382 Å². The molecule has 0 unspecified atom stereocenters. The van der Waals surface area contributed by atoms with Crippen molar-refractivity contribution < 1.29 is 0 Å². The number of aryl methyl sites for hydroxylation is 3. The summed E-state index contributed by atoms with van der Waals surface area (Å²) in [5.41, 5.74) is 59.2. The van der Waals surface area contributed by atoms with Gasteiger partial charge in [-0.25, -0.2) is 39.6 Å². The van der Waals surface area contributed by atoms with Crippen LogP contribution in [-0.2, 0) is 45.3 Å². The van der Waals surface area contributed by atoms with Crippen LogP contribution < -0.4 is 21.7 Å². The minimum atomic E-state index is -0.128. The predicted octanol–water partition coefficient (Wildman–Crippen LogP) is 31.1. The van der Waals surface area contributed by atoms with Crippen molar-refractivity contribution in [2.75, 3.05) is 21.7 Å². The summed E-state index contributed by atoms with van der Waals surface area (Å²) in [7, 11) is 0. The second kappa shape index (κ2) is 41.6. The number of aromatic nitrogens is 6. The number of nitrogens with zero attached hydrogens (tertiary/aromatic N) is 11. The van der Waals surface area contributed by atoms with Crippen molar-refractivity contribution in [1.29, 1.82) is 15.8 Å². The van der Waals surface area contributed by atoms with E-state index in [4.69, 9.17) is 50.4 Å². The molecule has 3 aromatic heterocycles. The van der Waals surface area contributed by atoms with E-state index in [0.29, 0.717) is 29.4 Å². The van der Waals surface area contributed by atoms with Gasteiger partial charge in [-0.2, -0.15) is 15.8 Å². The number of rotatable bonds is 11. The summed E-state index contributed by atoms with van der Waals surface area (Å²) >= 11 is 6.14. The standard InChI is InChI=1S/C39H51N5.C35H48N4.C17H19ClN4.C17H29N.C6H9N/c1-20-22(3)36(23(4)21(2)31(20)19-40)44-37-42-29(10)24(5)32(43-37)18-30-34(38(11,12)13)26(7)33(25(6)28(9)41-17)27(8)35(30)39(14,15)16;1-18-21(4)30(34(10,11)12)27(31(22(18)5)35(13,14)15)16-29-25(8)26(9)37-33(38-29)39-32-23(6)19(2)28(17-36)20(3)24(32)7;1-8-10(3)15(11(4)9(2)14(8)7-19)21-17-20-13(6)12(5)16(18)22-17;1-10-11(2)13(16(4,5)6)15(18)14(12(10)3)17(7,8)9;1-5(2)6(3)7-4/h18H2,1-16H3,(H,42,43,44);16H2,1-15H3,(H,37,38,39);1-6H3,(H,20,21,22);18H2,1-9H3;1-3H3/b28-25+;;;;. The lowest BCUT2D eigenvalue weighted by Crippen LogP contribution is -2.26. The fourth-order valence-electron chi connectivity index (χ4n) is 19.0. The fourth-order valence-corrected chi connectivity index (χ4v) is 19.2. The molecule has 0 spiro atoms. The van der Waals surface area contributed by atoms with Gasteiger partial charge in [0.1, 0.15) is 5.15 Å². The van der Waals surface area contributed by atoms with Crippen molar-refractivity contribution in [2.24, 2.45) is 0 Å². The molecule has 5 N–H and O–H groups in total. The molecule has 15 nitrogen and oxygen atoms in total. The number of nitrogen functional groups attached to an aromatic ring is 1. The Morgan fingerprint density at radius 1 is 0.308 bits per heavy atom. The molecule has 6 aromatic carbocycles. The van der Waals surface area contributed by atoms with Gasteiger partial charge in [0.25, 0.3) is 0 Å². The maximum atomic E-state index is 9.75. The molecule has 0 radical (unpaired) electrons. The highest BCUT2D eigenvalue weighted by atomic mass is 35.5. The second-order valence-corrected chi connectivity index (χ2v) is 43.1. The molecule has 3 heterocycles. The molecule has 0 aliphatic heterocycles. The van der Waals surface area contributed by atoms with Crippen LogP contribution >= 0.6 is 11.6 Å². The van der Waals surface area contributed by atoms with E-state index in [1.54, 1.807) is 0 Å². The third kappa shape index (κ3) is 23.5. The summed E-state index contributed by atoms with van der Waals surface area (Å²) in [5, 5.41) is 39.6. The van der Waals surface area contributed by atoms with Gasteiger partial charge in [-0.3, -0.25) is 0 Å². The minimum absolute atomic E-state index is 0.000696. The van der Waals surface area contributed by atoms with Gasteiger partial charge < -0.3 is 21.7 Å².